The van der Waals surface area contributed by atoms with Gasteiger partial charge in [-0.3, -0.25) is 0 Å². The monoisotopic (exact) mass is 403 g/mol. The number of hydrogen-bond donors (Lipinski definition) is 2. The minimum Gasteiger partial charge on any atom is -0.379 e. The second-order valence-electron chi connectivity index (χ2n) is 6.55. The number of aromatic nitrogens is 3. The van der Waals surface area contributed by atoms with Crippen LogP contribution in [0.15, 0.2) is 21.7 Å². The van der Waals surface area contributed by atoms with Crippen LogP contribution in [0.4, 0.5) is 0 Å². The quantitative estimate of drug-likeness (QED) is 0.785. The zero-order chi connectivity index (χ0) is 17.5. The van der Waals surface area contributed by atoms with Gasteiger partial charge in [0.05, 0.1) is 18.8 Å². The molecule has 1 aliphatic carbocycles. The van der Waals surface area contributed by atoms with Crippen molar-refractivity contribution in [3.05, 3.63) is 18.1 Å². The van der Waals surface area contributed by atoms with Crippen LogP contribution < -0.4 is 5.73 Å². The number of aromatic amines is 1. The molecule has 2 aromatic heterocycles. The second-order valence-corrected chi connectivity index (χ2v) is 8.49. The Labute approximate surface area is 157 Å². The fraction of sp³-hybridized carbons (Fsp3) is 0.600. The highest BCUT2D eigenvalue weighted by molar-refractivity contribution is 7.89. The number of sulfonamides is 1. The van der Waals surface area contributed by atoms with Gasteiger partial charge in [0.25, 0.3) is 5.89 Å². The summed E-state index contributed by atoms with van der Waals surface area (Å²) >= 11 is 0. The Morgan fingerprint density at radius 1 is 1.23 bits per heavy atom. The van der Waals surface area contributed by atoms with Gasteiger partial charge in [-0.15, -0.1) is 12.4 Å². The minimum absolute atomic E-state index is 0. The third kappa shape index (κ3) is 3.39. The molecule has 1 saturated carbocycles. The van der Waals surface area contributed by atoms with Crippen LogP contribution in [0.3, 0.4) is 0 Å². The number of halogens is 1. The number of ether oxygens (including phenoxy) is 1. The number of hydrogen-bond acceptors (Lipinski definition) is 7. The summed E-state index contributed by atoms with van der Waals surface area (Å²) in [5.74, 6) is 0.724. The topological polar surface area (TPSA) is 127 Å². The number of rotatable bonds is 4. The van der Waals surface area contributed by atoms with Crippen molar-refractivity contribution < 1.29 is 17.7 Å². The van der Waals surface area contributed by atoms with Crippen molar-refractivity contribution in [2.24, 2.45) is 5.73 Å². The van der Waals surface area contributed by atoms with E-state index in [0.717, 1.165) is 25.7 Å². The van der Waals surface area contributed by atoms with E-state index in [9.17, 15) is 8.42 Å². The molecule has 0 unspecified atom stereocenters. The van der Waals surface area contributed by atoms with Gasteiger partial charge in [0.15, 0.2) is 5.82 Å². The average Bonchev–Trinajstić information content (AvgIpc) is 3.35. The van der Waals surface area contributed by atoms with Crippen LogP contribution in [0.5, 0.6) is 0 Å². The number of nitrogens with two attached hydrogens (primary N) is 1. The van der Waals surface area contributed by atoms with Crippen LogP contribution in [0, 0.1) is 0 Å². The number of H-pyrrole nitrogens is 1. The highest BCUT2D eigenvalue weighted by Gasteiger charge is 2.36. The zero-order valence-corrected chi connectivity index (χ0v) is 15.8. The summed E-state index contributed by atoms with van der Waals surface area (Å²) < 4.78 is 37.2. The van der Waals surface area contributed by atoms with Gasteiger partial charge >= 0.3 is 0 Å². The SMILES string of the molecule is Cl.NC1(c2noc(-c3cc(S(=O)(=O)N4CCOCC4)c[nH]3)n2)CCCC1. The molecule has 4 rings (SSSR count). The maximum Gasteiger partial charge on any atom is 0.274 e. The van der Waals surface area contributed by atoms with E-state index in [-0.39, 0.29) is 23.2 Å². The van der Waals surface area contributed by atoms with E-state index < -0.39 is 15.6 Å². The summed E-state index contributed by atoms with van der Waals surface area (Å²) in [7, 11) is -3.56. The van der Waals surface area contributed by atoms with E-state index in [1.807, 2.05) is 0 Å². The van der Waals surface area contributed by atoms with Gasteiger partial charge in [0, 0.05) is 19.3 Å². The molecular weight excluding hydrogens is 382 g/mol. The molecule has 0 radical (unpaired) electrons. The molecule has 0 bridgehead atoms. The Balaban J connectivity index is 0.00000196. The van der Waals surface area contributed by atoms with Crippen molar-refractivity contribution in [2.45, 2.75) is 36.1 Å². The van der Waals surface area contributed by atoms with Gasteiger partial charge in [0.2, 0.25) is 10.0 Å². The van der Waals surface area contributed by atoms with Gasteiger partial charge in [-0.05, 0) is 18.9 Å². The Morgan fingerprint density at radius 3 is 2.62 bits per heavy atom. The molecule has 1 aliphatic heterocycles. The summed E-state index contributed by atoms with van der Waals surface area (Å²) in [5.41, 5.74) is 6.25. The van der Waals surface area contributed by atoms with E-state index in [4.69, 9.17) is 15.0 Å². The van der Waals surface area contributed by atoms with Crippen molar-refractivity contribution >= 4 is 22.4 Å². The molecule has 3 heterocycles. The fourth-order valence-corrected chi connectivity index (χ4v) is 4.75. The lowest BCUT2D eigenvalue weighted by Gasteiger charge is -2.25. The first-order chi connectivity index (χ1) is 12.0. The normalized spacial score (nSPS) is 20.8. The molecular formula is C15H22ClN5O4S. The van der Waals surface area contributed by atoms with Crippen molar-refractivity contribution in [3.63, 3.8) is 0 Å². The van der Waals surface area contributed by atoms with E-state index in [1.165, 1.54) is 16.6 Å². The molecule has 2 aromatic rings. The third-order valence-electron chi connectivity index (χ3n) is 4.86. The minimum atomic E-state index is -3.56. The van der Waals surface area contributed by atoms with Crippen LogP contribution in [0.2, 0.25) is 0 Å². The van der Waals surface area contributed by atoms with Crippen LogP contribution >= 0.6 is 12.4 Å². The molecule has 1 saturated heterocycles. The third-order valence-corrected chi connectivity index (χ3v) is 6.74. The number of morpholine rings is 1. The first kappa shape index (κ1) is 19.3. The summed E-state index contributed by atoms with van der Waals surface area (Å²) in [5, 5.41) is 4.00. The standard InChI is InChI=1S/C15H21N5O4S.ClH/c16-15(3-1-2-4-15)14-18-13(24-19-14)12-9-11(10-17-12)25(21,22)20-5-7-23-8-6-20;/h9-10,17H,1-8,16H2;1H. The molecule has 2 aliphatic rings. The van der Waals surface area contributed by atoms with Gasteiger partial charge in [-0.2, -0.15) is 9.29 Å². The van der Waals surface area contributed by atoms with Crippen molar-refractivity contribution in [2.75, 3.05) is 26.3 Å². The van der Waals surface area contributed by atoms with Crippen LogP contribution in [0.25, 0.3) is 11.6 Å². The summed E-state index contributed by atoms with van der Waals surface area (Å²) in [6, 6.07) is 1.51. The van der Waals surface area contributed by atoms with Gasteiger partial charge in [-0.1, -0.05) is 18.0 Å². The molecule has 2 fully saturated rings. The predicted molar refractivity (Wildman–Crippen MR) is 95.2 cm³/mol. The highest BCUT2D eigenvalue weighted by Crippen LogP contribution is 2.35. The molecule has 0 amide bonds. The van der Waals surface area contributed by atoms with E-state index in [0.29, 0.717) is 37.8 Å². The van der Waals surface area contributed by atoms with Crippen LogP contribution in [0.1, 0.15) is 31.5 Å². The lowest BCUT2D eigenvalue weighted by molar-refractivity contribution is 0.0730. The lowest BCUT2D eigenvalue weighted by atomic mass is 9.99. The summed E-state index contributed by atoms with van der Waals surface area (Å²) in [6.45, 7) is 1.51. The van der Waals surface area contributed by atoms with Crippen LogP contribution in [-0.2, 0) is 20.3 Å². The van der Waals surface area contributed by atoms with Gasteiger partial charge in [0.1, 0.15) is 10.6 Å². The Morgan fingerprint density at radius 2 is 1.92 bits per heavy atom. The Bertz CT molecular complexity index is 853. The first-order valence-corrected chi connectivity index (χ1v) is 9.83. The Hall–Kier alpha value is -1.46. The largest absolute Gasteiger partial charge is 0.379 e. The van der Waals surface area contributed by atoms with Gasteiger partial charge < -0.3 is 20.0 Å². The van der Waals surface area contributed by atoms with E-state index in [1.54, 1.807) is 0 Å². The molecule has 0 atom stereocenters. The number of nitrogens with zero attached hydrogens (tertiary/aromatic N) is 3. The van der Waals surface area contributed by atoms with Gasteiger partial charge in [-0.25, -0.2) is 8.42 Å². The maximum absolute atomic E-state index is 12.7. The maximum atomic E-state index is 12.7. The summed E-state index contributed by atoms with van der Waals surface area (Å²) in [6.07, 6.45) is 5.19. The second kappa shape index (κ2) is 7.28. The first-order valence-electron chi connectivity index (χ1n) is 8.39. The molecule has 0 aromatic carbocycles. The molecule has 11 heteroatoms. The Kier molecular flexibility index (Phi) is 5.40. The zero-order valence-electron chi connectivity index (χ0n) is 14.2. The van der Waals surface area contributed by atoms with E-state index in [2.05, 4.69) is 15.1 Å². The van der Waals surface area contributed by atoms with Crippen LogP contribution in [-0.4, -0.2) is 54.2 Å². The van der Waals surface area contributed by atoms with Crippen molar-refractivity contribution in [3.8, 4) is 11.6 Å². The molecule has 9 nitrogen and oxygen atoms in total. The number of nitrogens with one attached hydrogen (secondary N) is 1. The predicted octanol–water partition coefficient (Wildman–Crippen LogP) is 1.24. The van der Waals surface area contributed by atoms with Crippen molar-refractivity contribution in [1.29, 1.82) is 0 Å². The van der Waals surface area contributed by atoms with E-state index >= 15 is 0 Å². The molecule has 0 spiro atoms. The lowest BCUT2D eigenvalue weighted by Crippen LogP contribution is -2.40. The fourth-order valence-electron chi connectivity index (χ4n) is 3.35. The molecule has 26 heavy (non-hydrogen) atoms. The summed E-state index contributed by atoms with van der Waals surface area (Å²) in [4.78, 5) is 7.46. The molecule has 3 N–H and O–H groups in total. The molecule has 144 valence electrons. The van der Waals surface area contributed by atoms with Crippen molar-refractivity contribution in [1.82, 2.24) is 19.4 Å². The highest BCUT2D eigenvalue weighted by atomic mass is 35.5. The smallest absolute Gasteiger partial charge is 0.274 e. The average molecular weight is 404 g/mol.